The maximum atomic E-state index is 13.6. The van der Waals surface area contributed by atoms with Crippen LogP contribution in [0.2, 0.25) is 0 Å². The van der Waals surface area contributed by atoms with Gasteiger partial charge in [0.25, 0.3) is 16.0 Å². The Bertz CT molecular complexity index is 1260. The molecular weight excluding hydrogens is 477 g/mol. The van der Waals surface area contributed by atoms with Crippen molar-refractivity contribution in [2.75, 3.05) is 18.9 Å². The monoisotopic (exact) mass is 498 g/mol. The number of para-hydroxylation sites is 1. The molecule has 0 saturated heterocycles. The minimum absolute atomic E-state index is 0.141. The van der Waals surface area contributed by atoms with Crippen molar-refractivity contribution >= 4 is 21.8 Å². The number of anilines is 1. The summed E-state index contributed by atoms with van der Waals surface area (Å²) in [5.74, 6) is -1.19. The van der Waals surface area contributed by atoms with Gasteiger partial charge < -0.3 is 16.2 Å². The minimum Gasteiger partial charge on any atom is -0.383 e. The van der Waals surface area contributed by atoms with Crippen molar-refractivity contribution in [3.8, 4) is 5.69 Å². The first kappa shape index (κ1) is 25.2. The Morgan fingerprint density at radius 1 is 1.15 bits per heavy atom. The number of halogens is 3. The fourth-order valence-electron chi connectivity index (χ4n) is 2.81. The molecule has 0 fully saturated rings. The van der Waals surface area contributed by atoms with E-state index in [0.29, 0.717) is 5.69 Å². The van der Waals surface area contributed by atoms with Crippen LogP contribution in [-0.2, 0) is 14.3 Å². The van der Waals surface area contributed by atoms with Gasteiger partial charge in [0, 0.05) is 0 Å². The molecule has 0 spiro atoms. The molecule has 0 aliphatic rings. The molecule has 1 atom stereocenters. The van der Waals surface area contributed by atoms with E-state index in [4.69, 9.17) is 5.73 Å². The van der Waals surface area contributed by atoms with Crippen molar-refractivity contribution in [3.63, 3.8) is 0 Å². The van der Waals surface area contributed by atoms with Crippen LogP contribution in [0, 0.1) is 6.92 Å². The fraction of sp³-hybridized carbons (Fsp3) is 0.238. The highest BCUT2D eigenvalue weighted by Crippen LogP contribution is 2.31. The van der Waals surface area contributed by atoms with Crippen LogP contribution in [0.3, 0.4) is 0 Å². The summed E-state index contributed by atoms with van der Waals surface area (Å²) in [7, 11) is -4.60. The summed E-state index contributed by atoms with van der Waals surface area (Å²) in [5.41, 5.74) is 3.20. The molecule has 0 radical (unpaired) electrons. The number of nitrogen functional groups attached to an aromatic ring is 1. The van der Waals surface area contributed by atoms with Crippen LogP contribution in [0.4, 0.5) is 19.0 Å². The second kappa shape index (κ2) is 9.44. The third-order valence-corrected chi connectivity index (χ3v) is 6.16. The third kappa shape index (κ3) is 5.38. The molecule has 182 valence electrons. The van der Waals surface area contributed by atoms with Crippen LogP contribution in [-0.4, -0.2) is 54.1 Å². The van der Waals surface area contributed by atoms with Gasteiger partial charge in [0.1, 0.15) is 18.0 Å². The van der Waals surface area contributed by atoms with Gasteiger partial charge in [-0.1, -0.05) is 35.9 Å². The maximum Gasteiger partial charge on any atom is 0.421 e. The lowest BCUT2D eigenvalue weighted by molar-refractivity contribution is -0.264. The van der Waals surface area contributed by atoms with E-state index in [1.807, 2.05) is 5.32 Å². The van der Waals surface area contributed by atoms with E-state index >= 15 is 0 Å². The molecule has 0 unspecified atom stereocenters. The molecular formula is C21H21F3N4O5S. The lowest BCUT2D eigenvalue weighted by Gasteiger charge is -2.30. The van der Waals surface area contributed by atoms with Gasteiger partial charge in [0.05, 0.1) is 23.3 Å². The van der Waals surface area contributed by atoms with Crippen molar-refractivity contribution < 1.29 is 35.7 Å². The molecule has 0 bridgehead atoms. The van der Waals surface area contributed by atoms with Crippen LogP contribution in [0.1, 0.15) is 15.9 Å². The highest BCUT2D eigenvalue weighted by atomic mass is 32.2. The quantitative estimate of drug-likeness (QED) is 0.405. The van der Waals surface area contributed by atoms with Crippen LogP contribution in [0.5, 0.6) is 0 Å². The van der Waals surface area contributed by atoms with E-state index in [0.717, 1.165) is 23.9 Å². The molecule has 1 aromatic heterocycles. The Morgan fingerprint density at radius 3 is 2.35 bits per heavy atom. The molecule has 1 heterocycles. The van der Waals surface area contributed by atoms with Crippen molar-refractivity contribution in [2.45, 2.75) is 23.6 Å². The van der Waals surface area contributed by atoms with Gasteiger partial charge in [-0.15, -0.1) is 0 Å². The van der Waals surface area contributed by atoms with Crippen LogP contribution in [0.15, 0.2) is 65.7 Å². The highest BCUT2D eigenvalue weighted by molar-refractivity contribution is 7.86. The van der Waals surface area contributed by atoms with Gasteiger partial charge in [-0.25, -0.2) is 4.68 Å². The lowest BCUT2D eigenvalue weighted by Crippen LogP contribution is -2.57. The fourth-order valence-corrected chi connectivity index (χ4v) is 3.77. The molecule has 3 rings (SSSR count). The van der Waals surface area contributed by atoms with Gasteiger partial charge in [0.15, 0.2) is 0 Å². The van der Waals surface area contributed by atoms with Crippen LogP contribution in [0.25, 0.3) is 5.69 Å². The average Bonchev–Trinajstić information content (AvgIpc) is 3.17. The van der Waals surface area contributed by atoms with Gasteiger partial charge in [-0.2, -0.15) is 26.7 Å². The molecule has 3 aromatic rings. The summed E-state index contributed by atoms with van der Waals surface area (Å²) in [6.07, 6.45) is -4.27. The molecule has 2 aromatic carbocycles. The number of alkyl halides is 3. The number of rotatable bonds is 8. The number of carbonyl (C=O) groups excluding carboxylic acids is 1. The highest BCUT2D eigenvalue weighted by Gasteiger charge is 2.55. The zero-order valence-electron chi connectivity index (χ0n) is 17.8. The van der Waals surface area contributed by atoms with Crippen LogP contribution < -0.4 is 11.1 Å². The van der Waals surface area contributed by atoms with E-state index < -0.39 is 41.0 Å². The van der Waals surface area contributed by atoms with Gasteiger partial charge in [-0.3, -0.25) is 8.98 Å². The summed E-state index contributed by atoms with van der Waals surface area (Å²) in [6, 6.07) is 13.6. The maximum absolute atomic E-state index is 13.6. The van der Waals surface area contributed by atoms with Crippen LogP contribution >= 0.6 is 0 Å². The topological polar surface area (TPSA) is 137 Å². The van der Waals surface area contributed by atoms with E-state index in [1.165, 1.54) is 16.8 Å². The number of carbonyl (C=O) groups is 1. The first-order chi connectivity index (χ1) is 15.8. The molecule has 34 heavy (non-hydrogen) atoms. The van der Waals surface area contributed by atoms with Gasteiger partial charge in [0.2, 0.25) is 5.60 Å². The summed E-state index contributed by atoms with van der Waals surface area (Å²) in [6.45, 7) is -1.38. The molecule has 4 N–H and O–H groups in total. The molecule has 0 aliphatic carbocycles. The van der Waals surface area contributed by atoms with E-state index in [1.54, 1.807) is 37.3 Å². The Hall–Kier alpha value is -3.42. The summed E-state index contributed by atoms with van der Waals surface area (Å²) in [4.78, 5) is 12.1. The molecule has 0 aliphatic heterocycles. The van der Waals surface area contributed by atoms with Gasteiger partial charge in [-0.05, 0) is 31.2 Å². The number of amides is 1. The van der Waals surface area contributed by atoms with E-state index in [9.17, 15) is 31.5 Å². The van der Waals surface area contributed by atoms with Gasteiger partial charge >= 0.3 is 6.18 Å². The first-order valence-corrected chi connectivity index (χ1v) is 11.2. The SMILES string of the molecule is Cc1ccc(S(=O)(=O)OC[C@@](O)(CNC(=O)c2cnn(-c3ccccc3)c2N)C(F)(F)F)cc1. The smallest absolute Gasteiger partial charge is 0.383 e. The van der Waals surface area contributed by atoms with E-state index in [-0.39, 0.29) is 16.3 Å². The average molecular weight is 498 g/mol. The predicted octanol–water partition coefficient (Wildman–Crippen LogP) is 2.19. The number of nitrogens with one attached hydrogen (secondary N) is 1. The lowest BCUT2D eigenvalue weighted by atomic mass is 10.1. The van der Waals surface area contributed by atoms with Crippen molar-refractivity contribution in [2.24, 2.45) is 0 Å². The number of aryl methyl sites for hydroxylation is 1. The number of nitrogens with two attached hydrogens (primary N) is 1. The normalized spacial score (nSPS) is 13.9. The standard InChI is InChI=1S/C21H21F3N4O5S/c1-14-7-9-16(10-8-14)34(31,32)33-13-20(30,21(22,23)24)12-26-19(29)17-11-27-28(18(17)25)15-5-3-2-4-6-15/h2-11,30H,12-13,25H2,1H3,(H,26,29)/t20-/m0/s1. The van der Waals surface area contributed by atoms with E-state index in [2.05, 4.69) is 9.28 Å². The number of hydrogen-bond donors (Lipinski definition) is 3. The predicted molar refractivity (Wildman–Crippen MR) is 116 cm³/mol. The van der Waals surface area contributed by atoms with Crippen molar-refractivity contribution in [1.29, 1.82) is 0 Å². The molecule has 1 amide bonds. The Morgan fingerprint density at radius 2 is 1.76 bits per heavy atom. The number of hydrogen-bond acceptors (Lipinski definition) is 7. The Kier molecular flexibility index (Phi) is 7.00. The second-order valence-electron chi connectivity index (χ2n) is 7.43. The third-order valence-electron chi connectivity index (χ3n) is 4.88. The first-order valence-electron chi connectivity index (χ1n) is 9.76. The number of aliphatic hydroxyl groups is 1. The summed E-state index contributed by atoms with van der Waals surface area (Å²) in [5, 5.41) is 16.0. The number of aromatic nitrogens is 2. The number of nitrogens with zero attached hydrogens (tertiary/aromatic N) is 2. The minimum atomic E-state index is -5.33. The summed E-state index contributed by atoms with van der Waals surface area (Å²) < 4.78 is 70.9. The molecule has 9 nitrogen and oxygen atoms in total. The Balaban J connectivity index is 1.74. The molecule has 0 saturated carbocycles. The Labute approximate surface area is 193 Å². The second-order valence-corrected chi connectivity index (χ2v) is 9.05. The summed E-state index contributed by atoms with van der Waals surface area (Å²) >= 11 is 0. The molecule has 13 heteroatoms. The number of benzene rings is 2. The largest absolute Gasteiger partial charge is 0.421 e. The van der Waals surface area contributed by atoms with Crippen molar-refractivity contribution in [3.05, 3.63) is 71.9 Å². The zero-order chi connectivity index (χ0) is 25.1. The zero-order valence-corrected chi connectivity index (χ0v) is 18.6. The van der Waals surface area contributed by atoms with Crippen molar-refractivity contribution in [1.82, 2.24) is 15.1 Å².